The summed E-state index contributed by atoms with van der Waals surface area (Å²) in [4.78, 5) is 13.4. The van der Waals surface area contributed by atoms with E-state index < -0.39 is 41.0 Å². The lowest BCUT2D eigenvalue weighted by Gasteiger charge is -2.27. The molecule has 0 spiro atoms. The summed E-state index contributed by atoms with van der Waals surface area (Å²) in [5, 5.41) is 12.3. The van der Waals surface area contributed by atoms with Crippen LogP contribution in [0.1, 0.15) is 41.2 Å². The van der Waals surface area contributed by atoms with E-state index in [4.69, 9.17) is 14.2 Å². The molecule has 4 rings (SSSR count). The van der Waals surface area contributed by atoms with Gasteiger partial charge in [0.05, 0.1) is 35.1 Å². The van der Waals surface area contributed by atoms with Gasteiger partial charge in [-0.15, -0.1) is 0 Å². The number of nitrogens with zero attached hydrogens (tertiary/aromatic N) is 2. The number of halogens is 3. The molecule has 0 aliphatic carbocycles. The zero-order valence-electron chi connectivity index (χ0n) is 23.0. The Morgan fingerprint density at radius 2 is 1.56 bits per heavy atom. The van der Waals surface area contributed by atoms with Crippen molar-refractivity contribution in [2.24, 2.45) is 5.14 Å². The van der Waals surface area contributed by atoms with Gasteiger partial charge in [-0.1, -0.05) is 42.5 Å². The largest absolute Gasteiger partial charge is 0.416 e. The van der Waals surface area contributed by atoms with Gasteiger partial charge in [-0.05, 0) is 61.9 Å². The van der Waals surface area contributed by atoms with Crippen LogP contribution in [0.3, 0.4) is 0 Å². The zero-order valence-corrected chi connectivity index (χ0v) is 24.7. The number of primary sulfonamides is 1. The average Bonchev–Trinajstić information content (AvgIpc) is 3.41. The molecule has 43 heavy (non-hydrogen) atoms. The van der Waals surface area contributed by atoms with E-state index in [1.54, 1.807) is 44.2 Å². The third-order valence-corrected chi connectivity index (χ3v) is 9.40. The Labute approximate surface area is 246 Å². The van der Waals surface area contributed by atoms with Crippen molar-refractivity contribution in [1.82, 2.24) is 15.1 Å². The minimum atomic E-state index is -4.56. The number of amides is 1. The maximum atomic E-state index is 13.8. The number of hydrogen-bond acceptors (Lipinski definition) is 7. The predicted octanol–water partition coefficient (Wildman–Crippen LogP) is 5.90. The summed E-state index contributed by atoms with van der Waals surface area (Å²) in [6.07, 6.45) is -4.56. The van der Waals surface area contributed by atoms with E-state index in [9.17, 15) is 30.9 Å². The number of benzene rings is 3. The molecule has 0 radical (unpaired) electrons. The molecular weight excluding hydrogens is 608 g/mol. The molecule has 1 heterocycles. The number of alkyl halides is 3. The third-order valence-electron chi connectivity index (χ3n) is 6.18. The fourth-order valence-corrected chi connectivity index (χ4v) is 6.65. The van der Waals surface area contributed by atoms with Crippen molar-refractivity contribution in [2.45, 2.75) is 30.7 Å². The minimum absolute atomic E-state index is 0.0394. The maximum absolute atomic E-state index is 13.8. The van der Waals surface area contributed by atoms with Crippen molar-refractivity contribution >= 4 is 23.5 Å². The summed E-state index contributed by atoms with van der Waals surface area (Å²) < 4.78 is 89.2. The van der Waals surface area contributed by atoms with E-state index in [1.165, 1.54) is 47.1 Å². The fourth-order valence-electron chi connectivity index (χ4n) is 4.23. The monoisotopic (exact) mass is 636 g/mol. The predicted molar refractivity (Wildman–Crippen MR) is 153 cm³/mol. The molecule has 4 aromatic rings. The quantitative estimate of drug-likeness (QED) is 0.195. The number of rotatable bonds is 11. The molecule has 15 heteroatoms. The SMILES string of the molecule is CCOP(=O)(OCC)C(NC(=O)c1cc(-c2ccc(C(F)(F)F)cc2)n(-c2ccc(S(N)(=O)=O)cc2)n1)c1ccccc1. The summed E-state index contributed by atoms with van der Waals surface area (Å²) in [5.74, 6) is -1.99. The Kier molecular flexibility index (Phi) is 9.57. The average molecular weight is 637 g/mol. The summed E-state index contributed by atoms with van der Waals surface area (Å²) in [7, 11) is -7.94. The van der Waals surface area contributed by atoms with Crippen molar-refractivity contribution in [1.29, 1.82) is 0 Å². The molecule has 0 aliphatic heterocycles. The number of sulfonamides is 1. The molecule has 1 aromatic heterocycles. The lowest BCUT2D eigenvalue weighted by atomic mass is 10.1. The normalized spacial score (nSPS) is 13.1. The van der Waals surface area contributed by atoms with Gasteiger partial charge < -0.3 is 14.4 Å². The van der Waals surface area contributed by atoms with Crippen LogP contribution in [0.15, 0.2) is 89.8 Å². The van der Waals surface area contributed by atoms with Crippen molar-refractivity contribution in [3.63, 3.8) is 0 Å². The van der Waals surface area contributed by atoms with Crippen LogP contribution in [0.25, 0.3) is 16.9 Å². The van der Waals surface area contributed by atoms with E-state index in [1.807, 2.05) is 0 Å². The second kappa shape index (κ2) is 12.8. The van der Waals surface area contributed by atoms with Crippen LogP contribution in [-0.4, -0.2) is 37.3 Å². The Hall–Kier alpha value is -3.81. The Bertz CT molecular complexity index is 1720. The first-order valence-electron chi connectivity index (χ1n) is 12.9. The number of nitrogens with one attached hydrogen (secondary N) is 1. The second-order valence-electron chi connectivity index (χ2n) is 9.10. The fraction of sp³-hybridized carbons (Fsp3) is 0.214. The molecule has 10 nitrogen and oxygen atoms in total. The zero-order chi connectivity index (χ0) is 31.4. The molecule has 0 saturated heterocycles. The summed E-state index contributed by atoms with van der Waals surface area (Å²) in [5.41, 5.74) is 0.189. The van der Waals surface area contributed by atoms with Crippen molar-refractivity contribution in [3.05, 3.63) is 102 Å². The van der Waals surface area contributed by atoms with Crippen molar-refractivity contribution in [3.8, 4) is 16.9 Å². The highest BCUT2D eigenvalue weighted by Crippen LogP contribution is 2.59. The smallest absolute Gasteiger partial charge is 0.333 e. The molecule has 3 N–H and O–H groups in total. The van der Waals surface area contributed by atoms with E-state index in [0.717, 1.165) is 12.1 Å². The number of nitrogens with two attached hydrogens (primary N) is 1. The highest BCUT2D eigenvalue weighted by molar-refractivity contribution is 7.89. The summed E-state index contributed by atoms with van der Waals surface area (Å²) in [6, 6.07) is 19.2. The molecule has 228 valence electrons. The van der Waals surface area contributed by atoms with Crippen LogP contribution in [0, 0.1) is 0 Å². The van der Waals surface area contributed by atoms with Gasteiger partial charge >= 0.3 is 13.8 Å². The minimum Gasteiger partial charge on any atom is -0.333 e. The van der Waals surface area contributed by atoms with Gasteiger partial charge in [-0.3, -0.25) is 9.36 Å². The van der Waals surface area contributed by atoms with Crippen LogP contribution in [0.5, 0.6) is 0 Å². The second-order valence-corrected chi connectivity index (χ2v) is 12.8. The van der Waals surface area contributed by atoms with Gasteiger partial charge in [-0.2, -0.15) is 18.3 Å². The van der Waals surface area contributed by atoms with E-state index in [2.05, 4.69) is 10.4 Å². The third kappa shape index (κ3) is 7.40. The first-order valence-corrected chi connectivity index (χ1v) is 16.1. The topological polar surface area (TPSA) is 143 Å². The van der Waals surface area contributed by atoms with Crippen LogP contribution < -0.4 is 10.5 Å². The Balaban J connectivity index is 1.80. The highest BCUT2D eigenvalue weighted by Gasteiger charge is 2.39. The van der Waals surface area contributed by atoms with E-state index >= 15 is 0 Å². The molecule has 0 fully saturated rings. The van der Waals surface area contributed by atoms with E-state index in [-0.39, 0.29) is 40.7 Å². The van der Waals surface area contributed by atoms with Crippen LogP contribution in [0.4, 0.5) is 13.2 Å². The molecule has 1 amide bonds. The number of aromatic nitrogens is 2. The van der Waals surface area contributed by atoms with E-state index in [0.29, 0.717) is 5.56 Å². The maximum Gasteiger partial charge on any atom is 0.416 e. The van der Waals surface area contributed by atoms with Gasteiger partial charge in [0.1, 0.15) is 0 Å². The number of carbonyl (C=O) groups excluding carboxylic acids is 1. The van der Waals surface area contributed by atoms with Crippen LogP contribution in [0.2, 0.25) is 0 Å². The molecule has 0 aliphatic rings. The summed E-state index contributed by atoms with van der Waals surface area (Å²) in [6.45, 7) is 3.35. The number of hydrogen-bond donors (Lipinski definition) is 2. The molecule has 0 saturated carbocycles. The van der Waals surface area contributed by atoms with Crippen LogP contribution >= 0.6 is 7.60 Å². The Morgan fingerprint density at radius 1 is 0.977 bits per heavy atom. The highest BCUT2D eigenvalue weighted by atomic mass is 32.2. The Morgan fingerprint density at radius 3 is 2.07 bits per heavy atom. The van der Waals surface area contributed by atoms with Crippen molar-refractivity contribution in [2.75, 3.05) is 13.2 Å². The number of carbonyl (C=O) groups is 1. The molecule has 3 aromatic carbocycles. The lowest BCUT2D eigenvalue weighted by Crippen LogP contribution is -2.30. The first-order chi connectivity index (χ1) is 20.3. The van der Waals surface area contributed by atoms with Crippen molar-refractivity contribution < 1.29 is 40.0 Å². The molecule has 0 bridgehead atoms. The van der Waals surface area contributed by atoms with Gasteiger partial charge in [0.15, 0.2) is 11.5 Å². The molecule has 1 unspecified atom stereocenters. The van der Waals surface area contributed by atoms with Gasteiger partial charge in [0.2, 0.25) is 10.0 Å². The van der Waals surface area contributed by atoms with Gasteiger partial charge in [0, 0.05) is 5.56 Å². The van der Waals surface area contributed by atoms with Gasteiger partial charge in [-0.25, -0.2) is 18.2 Å². The van der Waals surface area contributed by atoms with Gasteiger partial charge in [0.25, 0.3) is 5.91 Å². The summed E-state index contributed by atoms with van der Waals surface area (Å²) >= 11 is 0. The first kappa shape index (κ1) is 32.1. The standard InChI is InChI=1S/C28H28F3N4O6PS/c1-3-40-42(37,41-4-2)27(20-8-6-5-7-9-20)33-26(36)24-18-25(19-10-12-21(13-11-19)28(29,30)31)35(34-24)22-14-16-23(17-15-22)43(32,38)39/h5-18,27H,3-4H2,1-2H3,(H,33,36)(H2,32,38,39). The molecule has 1 atom stereocenters. The van der Waals surface area contributed by atoms with Crippen LogP contribution in [-0.2, 0) is 29.8 Å². The molecular formula is C28H28F3N4O6PS. The lowest BCUT2D eigenvalue weighted by molar-refractivity contribution is -0.137.